The molecule has 0 saturated heterocycles. The normalized spacial score (nSPS) is 10.1. The number of carbonyl (C=O) groups excluding carboxylic acids is 2. The van der Waals surface area contributed by atoms with Gasteiger partial charge in [-0.15, -0.1) is 17.9 Å². The summed E-state index contributed by atoms with van der Waals surface area (Å²) < 4.78 is 5.08. The number of rotatable bonds is 7. The summed E-state index contributed by atoms with van der Waals surface area (Å²) in [6, 6.07) is 6.74. The van der Waals surface area contributed by atoms with Crippen molar-refractivity contribution in [3.05, 3.63) is 53.6 Å². The molecule has 2 amide bonds. The second kappa shape index (κ2) is 8.26. The van der Waals surface area contributed by atoms with Gasteiger partial charge in [-0.2, -0.15) is 0 Å². The number of aromatic nitrogens is 1. The van der Waals surface area contributed by atoms with Gasteiger partial charge >= 0.3 is 0 Å². The Bertz CT molecular complexity index is 725. The van der Waals surface area contributed by atoms with Crippen LogP contribution in [-0.4, -0.2) is 41.9 Å². The second-order valence-electron chi connectivity index (χ2n) is 5.03. The molecule has 0 atom stereocenters. The van der Waals surface area contributed by atoms with Crippen LogP contribution in [0.3, 0.4) is 0 Å². The average Bonchev–Trinajstić information content (AvgIpc) is 2.98. The fourth-order valence-electron chi connectivity index (χ4n) is 2.04. The van der Waals surface area contributed by atoms with Gasteiger partial charge in [-0.05, 0) is 31.2 Å². The van der Waals surface area contributed by atoms with Gasteiger partial charge in [-0.3, -0.25) is 9.59 Å². The summed E-state index contributed by atoms with van der Waals surface area (Å²) in [5.74, 6) is 0.120. The molecule has 0 aliphatic heterocycles. The van der Waals surface area contributed by atoms with Crippen LogP contribution < -0.4 is 10.1 Å². The summed E-state index contributed by atoms with van der Waals surface area (Å²) in [4.78, 5) is 31.2. The summed E-state index contributed by atoms with van der Waals surface area (Å²) in [5.41, 5.74) is 0.482. The predicted octanol–water partition coefficient (Wildman–Crippen LogP) is 2.73. The highest BCUT2D eigenvalue weighted by molar-refractivity contribution is 7.15. The highest BCUT2D eigenvalue weighted by Crippen LogP contribution is 2.17. The predicted molar refractivity (Wildman–Crippen MR) is 94.6 cm³/mol. The third-order valence-corrected chi connectivity index (χ3v) is 4.00. The average molecular weight is 345 g/mol. The van der Waals surface area contributed by atoms with E-state index in [1.165, 1.54) is 16.2 Å². The first kappa shape index (κ1) is 17.7. The van der Waals surface area contributed by atoms with E-state index in [9.17, 15) is 9.59 Å². The Balaban J connectivity index is 2.05. The molecule has 2 aromatic rings. The van der Waals surface area contributed by atoms with Gasteiger partial charge in [-0.25, -0.2) is 4.98 Å². The largest absolute Gasteiger partial charge is 0.497 e. The third kappa shape index (κ3) is 4.66. The number of methoxy groups -OCH3 is 1. The molecule has 0 saturated carbocycles. The van der Waals surface area contributed by atoms with Crippen LogP contribution >= 0.6 is 11.3 Å². The van der Waals surface area contributed by atoms with Gasteiger partial charge in [0.2, 0.25) is 5.91 Å². The van der Waals surface area contributed by atoms with Crippen LogP contribution in [0, 0.1) is 6.92 Å². The maximum atomic E-state index is 12.6. The number of anilines is 1. The fourth-order valence-corrected chi connectivity index (χ4v) is 2.72. The molecule has 1 N–H and O–H groups in total. The van der Waals surface area contributed by atoms with Gasteiger partial charge in [0, 0.05) is 23.2 Å². The summed E-state index contributed by atoms with van der Waals surface area (Å²) in [6.07, 6.45) is 3.27. The van der Waals surface area contributed by atoms with E-state index in [0.29, 0.717) is 16.4 Å². The molecule has 0 aliphatic rings. The minimum Gasteiger partial charge on any atom is -0.497 e. The van der Waals surface area contributed by atoms with Crippen molar-refractivity contribution in [2.75, 3.05) is 25.5 Å². The molecule has 0 fully saturated rings. The minimum absolute atomic E-state index is 0.0739. The zero-order valence-electron chi connectivity index (χ0n) is 13.6. The van der Waals surface area contributed by atoms with Crippen molar-refractivity contribution in [1.29, 1.82) is 0 Å². The van der Waals surface area contributed by atoms with Gasteiger partial charge in [0.25, 0.3) is 5.91 Å². The zero-order valence-corrected chi connectivity index (χ0v) is 14.4. The van der Waals surface area contributed by atoms with Crippen LogP contribution in [0.4, 0.5) is 5.13 Å². The number of amides is 2. The maximum absolute atomic E-state index is 12.6. The summed E-state index contributed by atoms with van der Waals surface area (Å²) in [6.45, 7) is 5.75. The van der Waals surface area contributed by atoms with E-state index in [-0.39, 0.29) is 24.9 Å². The SMILES string of the molecule is C=CCN(CC(=O)Nc1ncc(C)s1)C(=O)c1ccc(OC)cc1. The fraction of sp³-hybridized carbons (Fsp3) is 0.235. The van der Waals surface area contributed by atoms with Gasteiger partial charge in [0.1, 0.15) is 12.3 Å². The molecular weight excluding hydrogens is 326 g/mol. The molecule has 2 rings (SSSR count). The Morgan fingerprint density at radius 2 is 2.08 bits per heavy atom. The van der Waals surface area contributed by atoms with Gasteiger partial charge in [-0.1, -0.05) is 6.08 Å². The third-order valence-electron chi connectivity index (χ3n) is 3.18. The second-order valence-corrected chi connectivity index (χ2v) is 6.26. The number of carbonyl (C=O) groups is 2. The van der Waals surface area contributed by atoms with E-state index < -0.39 is 0 Å². The first-order chi connectivity index (χ1) is 11.5. The van der Waals surface area contributed by atoms with E-state index in [1.54, 1.807) is 43.6 Å². The van der Waals surface area contributed by atoms with Gasteiger partial charge in [0.05, 0.1) is 7.11 Å². The molecular formula is C17H19N3O3S. The summed E-state index contributed by atoms with van der Waals surface area (Å²) >= 11 is 1.38. The van der Waals surface area contributed by atoms with Crippen molar-refractivity contribution >= 4 is 28.3 Å². The smallest absolute Gasteiger partial charge is 0.254 e. The van der Waals surface area contributed by atoms with Crippen molar-refractivity contribution < 1.29 is 14.3 Å². The Morgan fingerprint density at radius 1 is 1.38 bits per heavy atom. The molecule has 24 heavy (non-hydrogen) atoms. The molecule has 1 heterocycles. The number of thiazole rings is 1. The molecule has 0 radical (unpaired) electrons. The van der Waals surface area contributed by atoms with Crippen molar-refractivity contribution in [2.45, 2.75) is 6.92 Å². The lowest BCUT2D eigenvalue weighted by Crippen LogP contribution is -2.38. The maximum Gasteiger partial charge on any atom is 0.254 e. The lowest BCUT2D eigenvalue weighted by atomic mass is 10.2. The molecule has 0 spiro atoms. The highest BCUT2D eigenvalue weighted by Gasteiger charge is 2.18. The summed E-state index contributed by atoms with van der Waals surface area (Å²) in [5, 5.41) is 3.22. The van der Waals surface area contributed by atoms with Crippen LogP contribution in [-0.2, 0) is 4.79 Å². The number of aryl methyl sites for hydroxylation is 1. The van der Waals surface area contributed by atoms with Crippen LogP contribution in [0.25, 0.3) is 0 Å². The number of nitrogens with zero attached hydrogens (tertiary/aromatic N) is 2. The van der Waals surface area contributed by atoms with Crippen molar-refractivity contribution in [1.82, 2.24) is 9.88 Å². The van der Waals surface area contributed by atoms with Gasteiger partial charge in [0.15, 0.2) is 5.13 Å². The Kier molecular flexibility index (Phi) is 6.08. The first-order valence-corrected chi connectivity index (χ1v) is 8.11. The minimum atomic E-state index is -0.298. The number of nitrogens with one attached hydrogen (secondary N) is 1. The van der Waals surface area contributed by atoms with Crippen LogP contribution in [0.1, 0.15) is 15.2 Å². The Hall–Kier alpha value is -2.67. The molecule has 6 nitrogen and oxygen atoms in total. The topological polar surface area (TPSA) is 71.5 Å². The standard InChI is InChI=1S/C17H19N3O3S/c1-4-9-20(11-15(21)19-17-18-10-12(2)24-17)16(22)13-5-7-14(23-3)8-6-13/h4-8,10H,1,9,11H2,2-3H3,(H,18,19,21). The van der Waals surface area contributed by atoms with Crippen LogP contribution in [0.2, 0.25) is 0 Å². The van der Waals surface area contributed by atoms with Crippen LogP contribution in [0.15, 0.2) is 43.1 Å². The van der Waals surface area contributed by atoms with E-state index >= 15 is 0 Å². The molecule has 1 aromatic heterocycles. The van der Waals surface area contributed by atoms with E-state index in [4.69, 9.17) is 4.74 Å². The van der Waals surface area contributed by atoms with E-state index in [2.05, 4.69) is 16.9 Å². The van der Waals surface area contributed by atoms with E-state index in [1.807, 2.05) is 6.92 Å². The summed E-state index contributed by atoms with van der Waals surface area (Å²) in [7, 11) is 1.56. The molecule has 126 valence electrons. The Morgan fingerprint density at radius 3 is 2.62 bits per heavy atom. The number of hydrogen-bond acceptors (Lipinski definition) is 5. The molecule has 0 unspecified atom stereocenters. The van der Waals surface area contributed by atoms with E-state index in [0.717, 1.165) is 4.88 Å². The molecule has 0 bridgehead atoms. The lowest BCUT2D eigenvalue weighted by Gasteiger charge is -2.20. The monoisotopic (exact) mass is 345 g/mol. The molecule has 1 aromatic carbocycles. The number of ether oxygens (including phenoxy) is 1. The van der Waals surface area contributed by atoms with Gasteiger partial charge < -0.3 is 15.0 Å². The lowest BCUT2D eigenvalue weighted by molar-refractivity contribution is -0.116. The Labute approximate surface area is 144 Å². The molecule has 0 aliphatic carbocycles. The quantitative estimate of drug-likeness (QED) is 0.783. The van der Waals surface area contributed by atoms with Crippen LogP contribution in [0.5, 0.6) is 5.75 Å². The molecule has 7 heteroatoms. The number of benzene rings is 1. The van der Waals surface area contributed by atoms with Crippen molar-refractivity contribution in [3.8, 4) is 5.75 Å². The van der Waals surface area contributed by atoms with Crippen molar-refractivity contribution in [2.24, 2.45) is 0 Å². The first-order valence-electron chi connectivity index (χ1n) is 7.30. The highest BCUT2D eigenvalue weighted by atomic mass is 32.1. The number of hydrogen-bond donors (Lipinski definition) is 1. The zero-order chi connectivity index (χ0) is 17.5. The van der Waals surface area contributed by atoms with Crippen molar-refractivity contribution in [3.63, 3.8) is 0 Å².